The van der Waals surface area contributed by atoms with Crippen LogP contribution in [0.4, 0.5) is 0 Å². The molecule has 4 rings (SSSR count). The molecule has 0 aliphatic heterocycles. The number of ether oxygens (including phenoxy) is 1. The summed E-state index contributed by atoms with van der Waals surface area (Å²) < 4.78 is 8.36. The third kappa shape index (κ3) is 2.73. The molecule has 0 saturated heterocycles. The van der Waals surface area contributed by atoms with E-state index in [-0.39, 0.29) is 12.0 Å². The van der Waals surface area contributed by atoms with Crippen LogP contribution in [0.2, 0.25) is 0 Å². The number of hydrogen-bond donors (Lipinski definition) is 0. The summed E-state index contributed by atoms with van der Waals surface area (Å²) in [6.07, 6.45) is 1.84. The van der Waals surface area contributed by atoms with E-state index >= 15 is 0 Å². The van der Waals surface area contributed by atoms with Crippen molar-refractivity contribution < 1.29 is 9.53 Å². The Morgan fingerprint density at radius 2 is 1.85 bits per heavy atom. The van der Waals surface area contributed by atoms with Crippen molar-refractivity contribution in [1.29, 1.82) is 0 Å². The first kappa shape index (κ1) is 16.6. The van der Waals surface area contributed by atoms with E-state index in [1.165, 1.54) is 11.1 Å². The number of imidazole rings is 1. The lowest BCUT2D eigenvalue weighted by Gasteiger charge is -2.16. The number of aromatic nitrogens is 2. The Balaban J connectivity index is 1.74. The molecule has 1 heterocycles. The smallest absolute Gasteiger partial charge is 0.253 e. The van der Waals surface area contributed by atoms with Gasteiger partial charge in [0.25, 0.3) is 5.91 Å². The number of fused-ring (bicyclic) bond motifs is 2. The maximum atomic E-state index is 12.5. The third-order valence-electron chi connectivity index (χ3n) is 5.14. The molecule has 5 nitrogen and oxygen atoms in total. The number of benzene rings is 2. The van der Waals surface area contributed by atoms with Gasteiger partial charge in [-0.25, -0.2) is 4.98 Å². The molecule has 1 amide bonds. The minimum absolute atomic E-state index is 0.0367. The van der Waals surface area contributed by atoms with Gasteiger partial charge in [0.2, 0.25) is 0 Å². The van der Waals surface area contributed by atoms with Crippen LogP contribution < -0.4 is 4.74 Å². The number of rotatable bonds is 3. The van der Waals surface area contributed by atoms with Crippen LogP contribution in [0.3, 0.4) is 0 Å². The number of aryl methyl sites for hydroxylation is 2. The number of amides is 1. The zero-order chi connectivity index (χ0) is 18.4. The molecule has 0 N–H and O–H groups in total. The van der Waals surface area contributed by atoms with Gasteiger partial charge in [-0.05, 0) is 30.2 Å². The highest BCUT2D eigenvalue weighted by molar-refractivity contribution is 5.99. The van der Waals surface area contributed by atoms with Crippen LogP contribution >= 0.6 is 0 Å². The third-order valence-corrected chi connectivity index (χ3v) is 5.14. The Labute approximate surface area is 153 Å². The maximum Gasteiger partial charge on any atom is 0.253 e. The van der Waals surface area contributed by atoms with Crippen molar-refractivity contribution in [2.45, 2.75) is 25.9 Å². The summed E-state index contributed by atoms with van der Waals surface area (Å²) in [7, 11) is 5.48. The Morgan fingerprint density at radius 1 is 1.19 bits per heavy atom. The minimum atomic E-state index is -0.0367. The number of carbonyl (C=O) groups excluding carboxylic acids is 1. The summed E-state index contributed by atoms with van der Waals surface area (Å²) in [6.45, 7) is 1.96. The van der Waals surface area contributed by atoms with Crippen LogP contribution in [-0.2, 0) is 19.9 Å². The molecule has 5 heteroatoms. The molecule has 0 radical (unpaired) electrons. The summed E-state index contributed by atoms with van der Waals surface area (Å²) >= 11 is 0. The standard InChI is InChI=1S/C21H23N3O2/c1-13-22-20-18(24(13)4)11-16(21(25)23(2)3)12-19(20)26-17-9-14-7-5-6-8-15(14)10-17/h5-8,11-12,17H,9-10H2,1-4H3. The minimum Gasteiger partial charge on any atom is -0.487 e. The number of nitrogens with zero attached hydrogens (tertiary/aromatic N) is 3. The molecule has 3 aromatic rings. The predicted molar refractivity (Wildman–Crippen MR) is 102 cm³/mol. The fraction of sp³-hybridized carbons (Fsp3) is 0.333. The van der Waals surface area contributed by atoms with E-state index in [4.69, 9.17) is 4.74 Å². The highest BCUT2D eigenvalue weighted by Crippen LogP contribution is 2.32. The second-order valence-corrected chi connectivity index (χ2v) is 7.18. The van der Waals surface area contributed by atoms with Gasteiger partial charge in [0, 0.05) is 39.5 Å². The Kier molecular flexibility index (Phi) is 3.94. The molecular weight excluding hydrogens is 326 g/mol. The van der Waals surface area contributed by atoms with E-state index in [1.54, 1.807) is 19.0 Å². The summed E-state index contributed by atoms with van der Waals surface area (Å²) in [4.78, 5) is 18.8. The summed E-state index contributed by atoms with van der Waals surface area (Å²) in [5.41, 5.74) is 5.03. The number of hydrogen-bond acceptors (Lipinski definition) is 3. The average molecular weight is 349 g/mol. The molecule has 134 valence electrons. The number of carbonyl (C=O) groups is 1. The van der Waals surface area contributed by atoms with Crippen LogP contribution in [0.5, 0.6) is 5.75 Å². The van der Waals surface area contributed by atoms with Gasteiger partial charge >= 0.3 is 0 Å². The van der Waals surface area contributed by atoms with E-state index in [9.17, 15) is 4.79 Å². The molecular formula is C21H23N3O2. The first-order valence-electron chi connectivity index (χ1n) is 8.86. The van der Waals surface area contributed by atoms with Crippen LogP contribution in [0.1, 0.15) is 27.3 Å². The molecule has 26 heavy (non-hydrogen) atoms. The summed E-state index contributed by atoms with van der Waals surface area (Å²) in [5, 5.41) is 0. The maximum absolute atomic E-state index is 12.5. The monoisotopic (exact) mass is 349 g/mol. The van der Waals surface area contributed by atoms with Gasteiger partial charge in [-0.1, -0.05) is 24.3 Å². The van der Waals surface area contributed by atoms with E-state index in [2.05, 4.69) is 29.2 Å². The average Bonchev–Trinajstić information content (AvgIpc) is 3.15. The molecule has 0 unspecified atom stereocenters. The quantitative estimate of drug-likeness (QED) is 0.730. The van der Waals surface area contributed by atoms with Crippen molar-refractivity contribution in [3.05, 3.63) is 58.9 Å². The Hall–Kier alpha value is -2.82. The molecule has 0 fully saturated rings. The van der Waals surface area contributed by atoms with Crippen LogP contribution in [0.15, 0.2) is 36.4 Å². The lowest BCUT2D eigenvalue weighted by molar-refractivity contribution is 0.0827. The van der Waals surface area contributed by atoms with Gasteiger partial charge in [0.1, 0.15) is 23.2 Å². The van der Waals surface area contributed by atoms with Gasteiger partial charge in [-0.2, -0.15) is 0 Å². The van der Waals surface area contributed by atoms with E-state index < -0.39 is 0 Å². The lowest BCUT2D eigenvalue weighted by atomic mass is 10.1. The molecule has 1 aliphatic rings. The van der Waals surface area contributed by atoms with Crippen LogP contribution in [0.25, 0.3) is 11.0 Å². The normalized spacial score (nSPS) is 13.8. The molecule has 1 aromatic heterocycles. The van der Waals surface area contributed by atoms with Crippen LogP contribution in [-0.4, -0.2) is 40.6 Å². The lowest BCUT2D eigenvalue weighted by Crippen LogP contribution is -2.22. The highest BCUT2D eigenvalue weighted by Gasteiger charge is 2.25. The molecule has 1 aliphatic carbocycles. The molecule has 2 aromatic carbocycles. The molecule has 0 spiro atoms. The predicted octanol–water partition coefficient (Wildman–Crippen LogP) is 3.13. The Morgan fingerprint density at radius 3 is 2.46 bits per heavy atom. The SMILES string of the molecule is Cc1nc2c(OC3Cc4ccccc4C3)cc(C(=O)N(C)C)cc2n1C. The van der Waals surface area contributed by atoms with Crippen LogP contribution in [0, 0.1) is 6.92 Å². The zero-order valence-electron chi connectivity index (χ0n) is 15.6. The van der Waals surface area contributed by atoms with Crippen molar-refractivity contribution in [1.82, 2.24) is 14.5 Å². The topological polar surface area (TPSA) is 47.4 Å². The van der Waals surface area contributed by atoms with Crippen molar-refractivity contribution in [2.75, 3.05) is 14.1 Å². The largest absolute Gasteiger partial charge is 0.487 e. The van der Waals surface area contributed by atoms with Crippen molar-refractivity contribution in [3.8, 4) is 5.75 Å². The van der Waals surface area contributed by atoms with Gasteiger partial charge < -0.3 is 14.2 Å². The van der Waals surface area contributed by atoms with E-state index in [1.807, 2.05) is 30.7 Å². The fourth-order valence-electron chi connectivity index (χ4n) is 3.63. The second kappa shape index (κ2) is 6.16. The zero-order valence-corrected chi connectivity index (χ0v) is 15.6. The molecule has 0 saturated carbocycles. The Bertz CT molecular complexity index is 979. The second-order valence-electron chi connectivity index (χ2n) is 7.18. The molecule has 0 atom stereocenters. The first-order valence-corrected chi connectivity index (χ1v) is 8.86. The van der Waals surface area contributed by atoms with Gasteiger partial charge in [0.05, 0.1) is 5.52 Å². The fourth-order valence-corrected chi connectivity index (χ4v) is 3.63. The first-order chi connectivity index (χ1) is 12.4. The van der Waals surface area contributed by atoms with Crippen molar-refractivity contribution in [2.24, 2.45) is 7.05 Å². The van der Waals surface area contributed by atoms with Gasteiger partial charge in [0.15, 0.2) is 0 Å². The van der Waals surface area contributed by atoms with Gasteiger partial charge in [-0.3, -0.25) is 4.79 Å². The summed E-state index contributed by atoms with van der Waals surface area (Å²) in [5.74, 6) is 1.55. The van der Waals surface area contributed by atoms with E-state index in [0.29, 0.717) is 11.3 Å². The van der Waals surface area contributed by atoms with E-state index in [0.717, 1.165) is 29.7 Å². The highest BCUT2D eigenvalue weighted by atomic mass is 16.5. The van der Waals surface area contributed by atoms with Gasteiger partial charge in [-0.15, -0.1) is 0 Å². The molecule has 0 bridgehead atoms. The summed E-state index contributed by atoms with van der Waals surface area (Å²) in [6, 6.07) is 12.2. The van der Waals surface area contributed by atoms with Crippen molar-refractivity contribution >= 4 is 16.9 Å². The van der Waals surface area contributed by atoms with Crippen molar-refractivity contribution in [3.63, 3.8) is 0 Å².